The molecule has 7 heteroatoms. The lowest BCUT2D eigenvalue weighted by Crippen LogP contribution is -2.14. The molecule has 1 aliphatic heterocycles. The quantitative estimate of drug-likeness (QED) is 0.620. The van der Waals surface area contributed by atoms with Gasteiger partial charge in [0.15, 0.2) is 0 Å². The van der Waals surface area contributed by atoms with Crippen molar-refractivity contribution in [1.29, 1.82) is 5.41 Å². The van der Waals surface area contributed by atoms with Crippen LogP contribution in [0.1, 0.15) is 27.0 Å². The molecule has 2 aromatic rings. The van der Waals surface area contributed by atoms with Gasteiger partial charge < -0.3 is 16.4 Å². The molecule has 0 aliphatic carbocycles. The van der Waals surface area contributed by atoms with E-state index < -0.39 is 0 Å². The predicted molar refractivity (Wildman–Crippen MR) is 79.5 cm³/mol. The number of hydrogen-bond acceptors (Lipinski definition) is 6. The molecule has 7 nitrogen and oxygen atoms in total. The third-order valence-corrected chi connectivity index (χ3v) is 3.45. The Kier molecular flexibility index (Phi) is 3.02. The van der Waals surface area contributed by atoms with Crippen molar-refractivity contribution < 1.29 is 4.79 Å². The molecule has 3 rings (SSSR count). The summed E-state index contributed by atoms with van der Waals surface area (Å²) in [7, 11) is 1.70. The van der Waals surface area contributed by atoms with Gasteiger partial charge in [-0.25, -0.2) is 9.97 Å². The molecule has 0 spiro atoms. The number of nitrogens with two attached hydrogens (primary N) is 1. The van der Waals surface area contributed by atoms with Crippen molar-refractivity contribution in [3.8, 4) is 0 Å². The normalized spacial score (nSPS) is 12.7. The van der Waals surface area contributed by atoms with E-state index in [4.69, 9.17) is 11.1 Å². The molecule has 0 saturated heterocycles. The molecule has 0 fully saturated rings. The fraction of sp³-hybridized carbons (Fsp3) is 0.143. The highest BCUT2D eigenvalue weighted by Crippen LogP contribution is 2.24. The van der Waals surface area contributed by atoms with Gasteiger partial charge in [0.2, 0.25) is 0 Å². The zero-order valence-electron chi connectivity index (χ0n) is 11.4. The molecule has 0 unspecified atom stereocenters. The minimum atomic E-state index is -0.120. The van der Waals surface area contributed by atoms with Crippen molar-refractivity contribution in [3.05, 3.63) is 46.8 Å². The number of hydrogen-bond donors (Lipinski definition) is 4. The Morgan fingerprint density at radius 1 is 1.43 bits per heavy atom. The van der Waals surface area contributed by atoms with Gasteiger partial charge in [0.25, 0.3) is 5.91 Å². The first kappa shape index (κ1) is 13.0. The zero-order chi connectivity index (χ0) is 15.0. The average Bonchev–Trinajstić information content (AvgIpc) is 2.87. The molecule has 21 heavy (non-hydrogen) atoms. The van der Waals surface area contributed by atoms with Gasteiger partial charge in [0, 0.05) is 24.7 Å². The molecule has 1 aliphatic rings. The van der Waals surface area contributed by atoms with Gasteiger partial charge in [-0.05, 0) is 11.6 Å². The average molecular weight is 282 g/mol. The van der Waals surface area contributed by atoms with Crippen LogP contribution in [0.3, 0.4) is 0 Å². The van der Waals surface area contributed by atoms with Crippen molar-refractivity contribution in [3.63, 3.8) is 0 Å². The topological polar surface area (TPSA) is 117 Å². The molecular weight excluding hydrogens is 268 g/mol. The van der Waals surface area contributed by atoms with Crippen LogP contribution < -0.4 is 16.4 Å². The molecular formula is C14H14N6O. The van der Waals surface area contributed by atoms with E-state index in [1.165, 1.54) is 6.33 Å². The van der Waals surface area contributed by atoms with Crippen LogP contribution in [0.25, 0.3) is 0 Å². The van der Waals surface area contributed by atoms with Crippen LogP contribution in [0.2, 0.25) is 0 Å². The van der Waals surface area contributed by atoms with E-state index in [0.29, 0.717) is 29.1 Å². The molecule has 0 saturated carbocycles. The van der Waals surface area contributed by atoms with E-state index in [0.717, 1.165) is 5.56 Å². The Labute approximate surface area is 121 Å². The lowest BCUT2D eigenvalue weighted by molar-refractivity contribution is 0.0965. The summed E-state index contributed by atoms with van der Waals surface area (Å²) in [6.07, 6.45) is 1.34. The molecule has 106 valence electrons. The monoisotopic (exact) mass is 282 g/mol. The second-order valence-corrected chi connectivity index (χ2v) is 4.66. The highest BCUT2D eigenvalue weighted by atomic mass is 16.1. The Bertz CT molecular complexity index is 755. The predicted octanol–water partition coefficient (Wildman–Crippen LogP) is 0.760. The summed E-state index contributed by atoms with van der Waals surface area (Å²) in [6, 6.07) is 5.34. The van der Waals surface area contributed by atoms with Gasteiger partial charge >= 0.3 is 0 Å². The highest BCUT2D eigenvalue weighted by molar-refractivity contribution is 6.17. The number of rotatable bonds is 3. The second-order valence-electron chi connectivity index (χ2n) is 4.66. The van der Waals surface area contributed by atoms with Gasteiger partial charge in [-0.3, -0.25) is 10.2 Å². The molecule has 5 N–H and O–H groups in total. The van der Waals surface area contributed by atoms with Crippen molar-refractivity contribution >= 4 is 23.3 Å². The third kappa shape index (κ3) is 2.08. The lowest BCUT2D eigenvalue weighted by atomic mass is 9.99. The van der Waals surface area contributed by atoms with E-state index >= 15 is 0 Å². The standard InChI is InChI=1S/C14H14N6O/c1-17-13-10(12(16)19-6-20-13)11(15)7-2-3-8-5-18-14(21)9(8)4-7/h2-4,6,15H,5H2,1H3,(H,18,21)(H3,16,17,19,20). The maximum absolute atomic E-state index is 11.7. The summed E-state index contributed by atoms with van der Waals surface area (Å²) < 4.78 is 0. The van der Waals surface area contributed by atoms with Crippen LogP contribution in [-0.4, -0.2) is 28.6 Å². The number of aromatic nitrogens is 2. The fourth-order valence-corrected chi connectivity index (χ4v) is 2.35. The fourth-order valence-electron chi connectivity index (χ4n) is 2.35. The van der Waals surface area contributed by atoms with E-state index in [9.17, 15) is 4.79 Å². The van der Waals surface area contributed by atoms with Gasteiger partial charge in [0.1, 0.15) is 18.0 Å². The van der Waals surface area contributed by atoms with Crippen LogP contribution in [0.5, 0.6) is 0 Å². The molecule has 2 heterocycles. The van der Waals surface area contributed by atoms with Crippen LogP contribution in [-0.2, 0) is 6.54 Å². The Hall–Kier alpha value is -2.96. The second kappa shape index (κ2) is 4.86. The number of nitrogens with zero attached hydrogens (tertiary/aromatic N) is 2. The first-order chi connectivity index (χ1) is 10.1. The van der Waals surface area contributed by atoms with E-state index in [1.54, 1.807) is 19.2 Å². The number of carbonyl (C=O) groups excluding carboxylic acids is 1. The van der Waals surface area contributed by atoms with E-state index in [-0.39, 0.29) is 17.4 Å². The number of carbonyl (C=O) groups is 1. The summed E-state index contributed by atoms with van der Waals surface area (Å²) >= 11 is 0. The van der Waals surface area contributed by atoms with Crippen molar-refractivity contribution in [2.75, 3.05) is 18.1 Å². The molecule has 1 amide bonds. The first-order valence-electron chi connectivity index (χ1n) is 6.40. The maximum Gasteiger partial charge on any atom is 0.251 e. The molecule has 0 bridgehead atoms. The van der Waals surface area contributed by atoms with Crippen molar-refractivity contribution in [2.24, 2.45) is 0 Å². The lowest BCUT2D eigenvalue weighted by Gasteiger charge is -2.11. The zero-order valence-corrected chi connectivity index (χ0v) is 11.4. The highest BCUT2D eigenvalue weighted by Gasteiger charge is 2.21. The summed E-state index contributed by atoms with van der Waals surface area (Å²) in [5.41, 5.74) is 8.60. The van der Waals surface area contributed by atoms with Gasteiger partial charge in [0.05, 0.1) is 11.3 Å². The molecule has 1 aromatic heterocycles. The Balaban J connectivity index is 2.08. The smallest absolute Gasteiger partial charge is 0.251 e. The Morgan fingerprint density at radius 2 is 2.24 bits per heavy atom. The number of amides is 1. The maximum atomic E-state index is 11.7. The first-order valence-corrected chi connectivity index (χ1v) is 6.40. The minimum Gasteiger partial charge on any atom is -0.383 e. The number of nitrogen functional groups attached to an aromatic ring is 1. The summed E-state index contributed by atoms with van der Waals surface area (Å²) in [6.45, 7) is 0.528. The van der Waals surface area contributed by atoms with Crippen molar-refractivity contribution in [1.82, 2.24) is 15.3 Å². The number of fused-ring (bicyclic) bond motifs is 1. The van der Waals surface area contributed by atoms with E-state index in [2.05, 4.69) is 20.6 Å². The minimum absolute atomic E-state index is 0.120. The number of benzene rings is 1. The molecule has 1 aromatic carbocycles. The van der Waals surface area contributed by atoms with Crippen LogP contribution >= 0.6 is 0 Å². The van der Waals surface area contributed by atoms with Gasteiger partial charge in [-0.2, -0.15) is 0 Å². The third-order valence-electron chi connectivity index (χ3n) is 3.45. The van der Waals surface area contributed by atoms with Gasteiger partial charge in [-0.15, -0.1) is 0 Å². The molecule has 0 radical (unpaired) electrons. The van der Waals surface area contributed by atoms with Crippen LogP contribution in [0.4, 0.5) is 11.6 Å². The van der Waals surface area contributed by atoms with Gasteiger partial charge in [-0.1, -0.05) is 12.1 Å². The Morgan fingerprint density at radius 3 is 3.00 bits per heavy atom. The number of nitrogens with one attached hydrogen (secondary N) is 3. The van der Waals surface area contributed by atoms with E-state index in [1.807, 2.05) is 6.07 Å². The van der Waals surface area contributed by atoms with Crippen LogP contribution in [0, 0.1) is 5.41 Å². The number of anilines is 2. The SMILES string of the molecule is CNc1ncnc(N)c1C(=N)c1ccc2c(c1)C(=O)NC2. The summed E-state index contributed by atoms with van der Waals surface area (Å²) in [5.74, 6) is 0.590. The van der Waals surface area contributed by atoms with Crippen LogP contribution in [0.15, 0.2) is 24.5 Å². The largest absolute Gasteiger partial charge is 0.383 e. The van der Waals surface area contributed by atoms with Crippen molar-refractivity contribution in [2.45, 2.75) is 6.54 Å². The molecule has 0 atom stereocenters. The summed E-state index contributed by atoms with van der Waals surface area (Å²) in [4.78, 5) is 19.7. The summed E-state index contributed by atoms with van der Waals surface area (Å²) in [5, 5.41) is 14.0.